The number of benzene rings is 2. The standard InChI is InChI=1S/C18H20Cl2N2O2S2/c1-23-16-6-5-14(10-17(16)24-2)22-18(25)21-7-8-26-11-12-3-4-13(19)9-15(12)20/h3-6,9-10H,7-8,11H2,1-2H3,(H2,21,22,25). The molecule has 2 rings (SSSR count). The fraction of sp³-hybridized carbons (Fsp3) is 0.278. The molecule has 0 heterocycles. The van der Waals surface area contributed by atoms with Crippen molar-refractivity contribution >= 4 is 58.0 Å². The summed E-state index contributed by atoms with van der Waals surface area (Å²) in [5.74, 6) is 3.05. The highest BCUT2D eigenvalue weighted by Gasteiger charge is 2.06. The largest absolute Gasteiger partial charge is 0.493 e. The van der Waals surface area contributed by atoms with Gasteiger partial charge in [-0.15, -0.1) is 0 Å². The number of hydrogen-bond acceptors (Lipinski definition) is 4. The van der Waals surface area contributed by atoms with E-state index in [1.54, 1.807) is 32.0 Å². The number of halogens is 2. The minimum atomic E-state index is 0.558. The molecule has 0 radical (unpaired) electrons. The van der Waals surface area contributed by atoms with Crippen molar-refractivity contribution in [2.75, 3.05) is 31.8 Å². The van der Waals surface area contributed by atoms with E-state index in [9.17, 15) is 0 Å². The lowest BCUT2D eigenvalue weighted by molar-refractivity contribution is 0.355. The smallest absolute Gasteiger partial charge is 0.170 e. The van der Waals surface area contributed by atoms with E-state index in [4.69, 9.17) is 44.9 Å². The Hall–Kier alpha value is -1.34. The normalized spacial score (nSPS) is 10.3. The van der Waals surface area contributed by atoms with Crippen molar-refractivity contribution in [1.29, 1.82) is 0 Å². The van der Waals surface area contributed by atoms with Crippen molar-refractivity contribution in [3.63, 3.8) is 0 Å². The van der Waals surface area contributed by atoms with Gasteiger partial charge in [-0.3, -0.25) is 0 Å². The first-order valence-electron chi connectivity index (χ1n) is 7.82. The molecule has 2 aromatic carbocycles. The van der Waals surface area contributed by atoms with Crippen LogP contribution >= 0.6 is 47.2 Å². The Morgan fingerprint density at radius 2 is 1.85 bits per heavy atom. The third-order valence-corrected chi connectivity index (χ3v) is 5.29. The summed E-state index contributed by atoms with van der Waals surface area (Å²) in [6.07, 6.45) is 0. The van der Waals surface area contributed by atoms with Crippen molar-refractivity contribution in [3.8, 4) is 11.5 Å². The first-order valence-corrected chi connectivity index (χ1v) is 10.1. The van der Waals surface area contributed by atoms with E-state index < -0.39 is 0 Å². The molecule has 0 aliphatic heterocycles. The molecule has 0 atom stereocenters. The predicted molar refractivity (Wildman–Crippen MR) is 116 cm³/mol. The van der Waals surface area contributed by atoms with Gasteiger partial charge in [0.2, 0.25) is 0 Å². The van der Waals surface area contributed by atoms with Gasteiger partial charge in [0.1, 0.15) is 0 Å². The topological polar surface area (TPSA) is 42.5 Å². The summed E-state index contributed by atoms with van der Waals surface area (Å²) in [5, 5.41) is 8.22. The highest BCUT2D eigenvalue weighted by Crippen LogP contribution is 2.29. The molecule has 26 heavy (non-hydrogen) atoms. The van der Waals surface area contributed by atoms with Gasteiger partial charge in [0, 0.05) is 39.8 Å². The van der Waals surface area contributed by atoms with Gasteiger partial charge < -0.3 is 20.1 Å². The molecule has 0 aliphatic carbocycles. The SMILES string of the molecule is COc1ccc(NC(=S)NCCSCc2ccc(Cl)cc2Cl)cc1OC. The monoisotopic (exact) mass is 430 g/mol. The average Bonchev–Trinajstić information content (AvgIpc) is 2.62. The van der Waals surface area contributed by atoms with Crippen LogP contribution in [0.1, 0.15) is 5.56 Å². The number of anilines is 1. The maximum absolute atomic E-state index is 6.17. The molecule has 2 N–H and O–H groups in total. The molecule has 0 fully saturated rings. The van der Waals surface area contributed by atoms with Gasteiger partial charge in [-0.05, 0) is 42.0 Å². The van der Waals surface area contributed by atoms with Crippen LogP contribution in [0.3, 0.4) is 0 Å². The molecule has 140 valence electrons. The number of nitrogens with one attached hydrogen (secondary N) is 2. The average molecular weight is 431 g/mol. The highest BCUT2D eigenvalue weighted by molar-refractivity contribution is 7.98. The Labute approximate surface area is 173 Å². The maximum atomic E-state index is 6.17. The van der Waals surface area contributed by atoms with Crippen LogP contribution in [-0.2, 0) is 5.75 Å². The van der Waals surface area contributed by atoms with E-state index in [1.807, 2.05) is 30.3 Å². The molecule has 0 bridgehead atoms. The molecule has 0 spiro atoms. The summed E-state index contributed by atoms with van der Waals surface area (Å²) in [7, 11) is 3.20. The van der Waals surface area contributed by atoms with E-state index in [-0.39, 0.29) is 0 Å². The van der Waals surface area contributed by atoms with E-state index in [0.29, 0.717) is 26.7 Å². The zero-order valence-corrected chi connectivity index (χ0v) is 17.6. The molecular weight excluding hydrogens is 411 g/mol. The van der Waals surface area contributed by atoms with Crippen LogP contribution in [0.4, 0.5) is 5.69 Å². The predicted octanol–water partition coefficient (Wildman–Crippen LogP) is 5.23. The van der Waals surface area contributed by atoms with Crippen molar-refractivity contribution in [2.24, 2.45) is 0 Å². The number of thiocarbonyl (C=S) groups is 1. The second-order valence-corrected chi connectivity index (χ2v) is 7.60. The number of methoxy groups -OCH3 is 2. The third-order valence-electron chi connectivity index (χ3n) is 3.45. The van der Waals surface area contributed by atoms with Crippen molar-refractivity contribution in [2.45, 2.75) is 5.75 Å². The van der Waals surface area contributed by atoms with Crippen LogP contribution < -0.4 is 20.1 Å². The van der Waals surface area contributed by atoms with Crippen LogP contribution in [0.25, 0.3) is 0 Å². The van der Waals surface area contributed by atoms with Gasteiger partial charge in [0.05, 0.1) is 14.2 Å². The molecule has 0 amide bonds. The van der Waals surface area contributed by atoms with Crippen molar-refractivity contribution in [3.05, 3.63) is 52.0 Å². The summed E-state index contributed by atoms with van der Waals surface area (Å²) in [5.41, 5.74) is 1.91. The Morgan fingerprint density at radius 1 is 1.08 bits per heavy atom. The second kappa shape index (κ2) is 10.7. The molecule has 8 heteroatoms. The molecule has 0 saturated carbocycles. The summed E-state index contributed by atoms with van der Waals surface area (Å²) in [6.45, 7) is 0.745. The number of ether oxygens (including phenoxy) is 2. The third kappa shape index (κ3) is 6.43. The van der Waals surface area contributed by atoms with Crippen LogP contribution in [-0.4, -0.2) is 31.6 Å². The lowest BCUT2D eigenvalue weighted by Gasteiger charge is -2.13. The number of hydrogen-bond donors (Lipinski definition) is 2. The zero-order valence-electron chi connectivity index (χ0n) is 14.5. The van der Waals surface area contributed by atoms with Crippen LogP contribution in [0.15, 0.2) is 36.4 Å². The first-order chi connectivity index (χ1) is 12.5. The van der Waals surface area contributed by atoms with Crippen LogP contribution in [0, 0.1) is 0 Å². The second-order valence-electron chi connectivity index (χ2n) is 5.24. The lowest BCUT2D eigenvalue weighted by Crippen LogP contribution is -2.30. The summed E-state index contributed by atoms with van der Waals surface area (Å²) in [6, 6.07) is 11.1. The van der Waals surface area contributed by atoms with E-state index in [2.05, 4.69) is 10.6 Å². The fourth-order valence-electron chi connectivity index (χ4n) is 2.15. The zero-order chi connectivity index (χ0) is 18.9. The molecule has 4 nitrogen and oxygen atoms in total. The van der Waals surface area contributed by atoms with Crippen molar-refractivity contribution < 1.29 is 9.47 Å². The molecule has 0 aromatic heterocycles. The number of thioether (sulfide) groups is 1. The molecule has 0 unspecified atom stereocenters. The van der Waals surface area contributed by atoms with Crippen molar-refractivity contribution in [1.82, 2.24) is 5.32 Å². The minimum absolute atomic E-state index is 0.558. The van der Waals surface area contributed by atoms with Gasteiger partial charge in [-0.25, -0.2) is 0 Å². The Morgan fingerprint density at radius 3 is 2.54 bits per heavy atom. The van der Waals surface area contributed by atoms with Gasteiger partial charge >= 0.3 is 0 Å². The lowest BCUT2D eigenvalue weighted by atomic mass is 10.2. The summed E-state index contributed by atoms with van der Waals surface area (Å²) < 4.78 is 10.5. The van der Waals surface area contributed by atoms with E-state index in [0.717, 1.165) is 29.3 Å². The molecular formula is C18H20Cl2N2O2S2. The highest BCUT2D eigenvalue weighted by atomic mass is 35.5. The first kappa shape index (κ1) is 21.0. The van der Waals surface area contributed by atoms with Crippen LogP contribution in [0.5, 0.6) is 11.5 Å². The Balaban J connectivity index is 1.72. The summed E-state index contributed by atoms with van der Waals surface area (Å²) >= 11 is 19.2. The van der Waals surface area contributed by atoms with Crippen LogP contribution in [0.2, 0.25) is 10.0 Å². The van der Waals surface area contributed by atoms with Gasteiger partial charge in [-0.2, -0.15) is 11.8 Å². The van der Waals surface area contributed by atoms with E-state index >= 15 is 0 Å². The fourth-order valence-corrected chi connectivity index (χ4v) is 3.78. The van der Waals surface area contributed by atoms with Gasteiger partial charge in [0.25, 0.3) is 0 Å². The molecule has 0 aliphatic rings. The Kier molecular flexibility index (Phi) is 8.65. The quantitative estimate of drug-likeness (QED) is 0.441. The Bertz CT molecular complexity index is 760. The number of rotatable bonds is 8. The maximum Gasteiger partial charge on any atom is 0.170 e. The molecule has 2 aromatic rings. The summed E-state index contributed by atoms with van der Waals surface area (Å²) in [4.78, 5) is 0. The van der Waals surface area contributed by atoms with Gasteiger partial charge in [0.15, 0.2) is 16.6 Å². The molecule has 0 saturated heterocycles. The minimum Gasteiger partial charge on any atom is -0.493 e. The van der Waals surface area contributed by atoms with E-state index in [1.165, 1.54) is 0 Å². The van der Waals surface area contributed by atoms with Gasteiger partial charge in [-0.1, -0.05) is 29.3 Å².